The molecule has 0 saturated carbocycles. The molecular weight excluding hydrogens is 406 g/mol. The molecule has 0 aliphatic rings. The monoisotopic (exact) mass is 427 g/mol. The van der Waals surface area contributed by atoms with Gasteiger partial charge in [-0.25, -0.2) is 0 Å². The number of ether oxygens (including phenoxy) is 1. The minimum absolute atomic E-state index is 0.0899. The summed E-state index contributed by atoms with van der Waals surface area (Å²) in [6.07, 6.45) is 1.41. The van der Waals surface area contributed by atoms with Gasteiger partial charge in [-0.1, -0.05) is 0 Å². The molecule has 0 aliphatic heterocycles. The van der Waals surface area contributed by atoms with Crippen LogP contribution < -0.4 is 15.4 Å². The Morgan fingerprint density at radius 3 is 2.47 bits per heavy atom. The lowest BCUT2D eigenvalue weighted by Gasteiger charge is -2.19. The highest BCUT2D eigenvalue weighted by Gasteiger charge is 2.20. The first-order valence-electron chi connectivity index (χ1n) is 9.18. The minimum atomic E-state index is -0.396. The standard InChI is InChI=1S/C21H21N3O5S/c1-3-24(13-18(25)22-14-6-8-15(28-2)9-7-14)21(27)17-10-11-19(30-17)23-20(26)16-5-4-12-29-16/h4-12H,3,13H2,1-2H3,(H,22,25)(H,23,26). The number of anilines is 2. The van der Waals surface area contributed by atoms with E-state index >= 15 is 0 Å². The third-order valence-corrected chi connectivity index (χ3v) is 5.16. The molecule has 0 aliphatic carbocycles. The number of nitrogens with one attached hydrogen (secondary N) is 2. The fraction of sp³-hybridized carbons (Fsp3) is 0.190. The molecule has 0 unspecified atom stereocenters. The summed E-state index contributed by atoms with van der Waals surface area (Å²) in [5, 5.41) is 5.96. The fourth-order valence-electron chi connectivity index (χ4n) is 2.63. The summed E-state index contributed by atoms with van der Waals surface area (Å²) in [6, 6.07) is 13.4. The van der Waals surface area contributed by atoms with Crippen LogP contribution in [-0.2, 0) is 4.79 Å². The predicted molar refractivity (Wildman–Crippen MR) is 114 cm³/mol. The van der Waals surface area contributed by atoms with E-state index in [1.165, 1.54) is 11.2 Å². The van der Waals surface area contributed by atoms with Crippen molar-refractivity contribution in [3.05, 3.63) is 65.4 Å². The third-order valence-electron chi connectivity index (χ3n) is 4.18. The maximum absolute atomic E-state index is 12.8. The Kier molecular flexibility index (Phi) is 6.87. The van der Waals surface area contributed by atoms with Crippen LogP contribution in [0, 0.1) is 0 Å². The Balaban J connectivity index is 1.59. The molecule has 2 aromatic heterocycles. The van der Waals surface area contributed by atoms with Gasteiger partial charge in [-0.2, -0.15) is 0 Å². The van der Waals surface area contributed by atoms with Crippen molar-refractivity contribution >= 4 is 39.7 Å². The highest BCUT2D eigenvalue weighted by atomic mass is 32.1. The molecule has 0 saturated heterocycles. The van der Waals surface area contributed by atoms with Gasteiger partial charge in [0.15, 0.2) is 5.76 Å². The number of rotatable bonds is 8. The number of benzene rings is 1. The van der Waals surface area contributed by atoms with E-state index < -0.39 is 5.91 Å². The van der Waals surface area contributed by atoms with E-state index in [1.807, 2.05) is 0 Å². The first kappa shape index (κ1) is 21.1. The summed E-state index contributed by atoms with van der Waals surface area (Å²) in [5.41, 5.74) is 0.614. The molecule has 0 radical (unpaired) electrons. The maximum Gasteiger partial charge on any atom is 0.291 e. The molecule has 3 rings (SSSR count). The number of furan rings is 1. The zero-order valence-electron chi connectivity index (χ0n) is 16.5. The van der Waals surface area contributed by atoms with Gasteiger partial charge in [0.05, 0.1) is 23.3 Å². The van der Waals surface area contributed by atoms with Crippen LogP contribution >= 0.6 is 11.3 Å². The van der Waals surface area contributed by atoms with Crippen LogP contribution in [0.3, 0.4) is 0 Å². The van der Waals surface area contributed by atoms with E-state index in [-0.39, 0.29) is 24.1 Å². The zero-order chi connectivity index (χ0) is 21.5. The number of likely N-dealkylation sites (N-methyl/N-ethyl adjacent to an activating group) is 1. The van der Waals surface area contributed by atoms with Crippen molar-refractivity contribution in [2.24, 2.45) is 0 Å². The number of methoxy groups -OCH3 is 1. The Morgan fingerprint density at radius 1 is 1.07 bits per heavy atom. The van der Waals surface area contributed by atoms with Crippen LogP contribution in [0.4, 0.5) is 10.7 Å². The summed E-state index contributed by atoms with van der Waals surface area (Å²) in [7, 11) is 1.57. The summed E-state index contributed by atoms with van der Waals surface area (Å²) in [5.74, 6) is -0.121. The summed E-state index contributed by atoms with van der Waals surface area (Å²) in [4.78, 5) is 39.0. The van der Waals surface area contributed by atoms with Crippen molar-refractivity contribution in [1.82, 2.24) is 4.90 Å². The Hall–Kier alpha value is -3.59. The number of nitrogens with zero attached hydrogens (tertiary/aromatic N) is 1. The lowest BCUT2D eigenvalue weighted by molar-refractivity contribution is -0.116. The number of thiophene rings is 1. The van der Waals surface area contributed by atoms with Gasteiger partial charge in [-0.05, 0) is 55.5 Å². The lowest BCUT2D eigenvalue weighted by Crippen LogP contribution is -2.37. The van der Waals surface area contributed by atoms with Crippen LogP contribution in [0.2, 0.25) is 0 Å². The Bertz CT molecular complexity index is 1010. The van der Waals surface area contributed by atoms with E-state index in [9.17, 15) is 14.4 Å². The largest absolute Gasteiger partial charge is 0.497 e. The second kappa shape index (κ2) is 9.75. The van der Waals surface area contributed by atoms with Gasteiger partial charge in [0.25, 0.3) is 11.8 Å². The van der Waals surface area contributed by atoms with E-state index in [1.54, 1.807) is 62.6 Å². The number of hydrogen-bond acceptors (Lipinski definition) is 6. The quantitative estimate of drug-likeness (QED) is 0.571. The SMILES string of the molecule is CCN(CC(=O)Nc1ccc(OC)cc1)C(=O)c1ccc(NC(=O)c2ccco2)s1. The number of carbonyl (C=O) groups is 3. The van der Waals surface area contributed by atoms with Gasteiger partial charge in [0, 0.05) is 12.2 Å². The molecule has 0 fully saturated rings. The molecule has 30 heavy (non-hydrogen) atoms. The zero-order valence-corrected chi connectivity index (χ0v) is 17.3. The maximum atomic E-state index is 12.8. The molecule has 2 heterocycles. The molecule has 156 valence electrons. The molecule has 3 aromatic rings. The van der Waals surface area contributed by atoms with E-state index in [0.717, 1.165) is 11.3 Å². The second-order valence-corrected chi connectivity index (χ2v) is 7.28. The molecule has 0 atom stereocenters. The normalized spacial score (nSPS) is 10.3. The van der Waals surface area contributed by atoms with Crippen LogP contribution in [0.25, 0.3) is 0 Å². The van der Waals surface area contributed by atoms with Crippen molar-refractivity contribution in [3.8, 4) is 5.75 Å². The van der Waals surface area contributed by atoms with Crippen molar-refractivity contribution < 1.29 is 23.5 Å². The van der Waals surface area contributed by atoms with Crippen molar-refractivity contribution in [2.75, 3.05) is 30.8 Å². The highest BCUT2D eigenvalue weighted by Crippen LogP contribution is 2.24. The minimum Gasteiger partial charge on any atom is -0.497 e. The van der Waals surface area contributed by atoms with Crippen molar-refractivity contribution in [1.29, 1.82) is 0 Å². The smallest absolute Gasteiger partial charge is 0.291 e. The molecule has 2 N–H and O–H groups in total. The van der Waals surface area contributed by atoms with Crippen molar-refractivity contribution in [3.63, 3.8) is 0 Å². The third kappa shape index (κ3) is 5.26. The Labute approximate surface area is 177 Å². The molecule has 1 aromatic carbocycles. The topological polar surface area (TPSA) is 101 Å². The molecule has 0 bridgehead atoms. The average molecular weight is 427 g/mol. The van der Waals surface area contributed by atoms with Gasteiger partial charge >= 0.3 is 0 Å². The van der Waals surface area contributed by atoms with Crippen LogP contribution in [0.5, 0.6) is 5.75 Å². The Morgan fingerprint density at radius 2 is 1.83 bits per heavy atom. The van der Waals surface area contributed by atoms with Gasteiger partial charge in [-0.3, -0.25) is 14.4 Å². The first-order chi connectivity index (χ1) is 14.5. The summed E-state index contributed by atoms with van der Waals surface area (Å²) >= 11 is 1.14. The molecule has 0 spiro atoms. The van der Waals surface area contributed by atoms with Crippen molar-refractivity contribution in [2.45, 2.75) is 6.92 Å². The van der Waals surface area contributed by atoms with Gasteiger partial charge in [-0.15, -0.1) is 11.3 Å². The number of carbonyl (C=O) groups excluding carboxylic acids is 3. The second-order valence-electron chi connectivity index (χ2n) is 6.19. The van der Waals surface area contributed by atoms with E-state index in [0.29, 0.717) is 27.9 Å². The van der Waals surface area contributed by atoms with Crippen LogP contribution in [0.1, 0.15) is 27.2 Å². The number of amides is 3. The van der Waals surface area contributed by atoms with Crippen LogP contribution in [0.15, 0.2) is 59.2 Å². The predicted octanol–water partition coefficient (Wildman–Crippen LogP) is 3.70. The average Bonchev–Trinajstić information content (AvgIpc) is 3.44. The first-order valence-corrected chi connectivity index (χ1v) is 9.99. The van der Waals surface area contributed by atoms with Gasteiger partial charge < -0.3 is 24.7 Å². The van der Waals surface area contributed by atoms with Gasteiger partial charge in [0.1, 0.15) is 12.3 Å². The molecule has 3 amide bonds. The summed E-state index contributed by atoms with van der Waals surface area (Å²) in [6.45, 7) is 2.07. The summed E-state index contributed by atoms with van der Waals surface area (Å²) < 4.78 is 10.1. The van der Waals surface area contributed by atoms with E-state index in [2.05, 4.69) is 10.6 Å². The van der Waals surface area contributed by atoms with E-state index in [4.69, 9.17) is 9.15 Å². The highest BCUT2D eigenvalue weighted by molar-refractivity contribution is 7.18. The molecule has 8 nitrogen and oxygen atoms in total. The lowest BCUT2D eigenvalue weighted by atomic mass is 10.3. The fourth-order valence-corrected chi connectivity index (χ4v) is 3.50. The molecule has 9 heteroatoms. The van der Waals surface area contributed by atoms with Gasteiger partial charge in [0.2, 0.25) is 5.91 Å². The number of hydrogen-bond donors (Lipinski definition) is 2. The van der Waals surface area contributed by atoms with Crippen LogP contribution in [-0.4, -0.2) is 42.8 Å². The molecular formula is C21H21N3O5S.